The van der Waals surface area contributed by atoms with Crippen LogP contribution in [0.4, 0.5) is 10.1 Å². The van der Waals surface area contributed by atoms with Gasteiger partial charge >= 0.3 is 5.97 Å². The summed E-state index contributed by atoms with van der Waals surface area (Å²) in [6.45, 7) is 0. The summed E-state index contributed by atoms with van der Waals surface area (Å²) in [4.78, 5) is 23.3. The Kier molecular flexibility index (Phi) is 3.44. The molecule has 0 fully saturated rings. The molecule has 0 saturated carbocycles. The maximum absolute atomic E-state index is 13.5. The fourth-order valence-corrected chi connectivity index (χ4v) is 3.84. The molecule has 106 valence electrons. The Hall–Kier alpha value is -2.25. The highest BCUT2D eigenvalue weighted by Gasteiger charge is 2.14. The van der Waals surface area contributed by atoms with Gasteiger partial charge in [0.15, 0.2) is 0 Å². The number of rotatable bonds is 3. The molecule has 1 aromatic carbocycles. The molecule has 7 heteroatoms. The van der Waals surface area contributed by atoms with E-state index in [9.17, 15) is 14.0 Å². The minimum absolute atomic E-state index is 0.222. The average Bonchev–Trinajstić information content (AvgIpc) is 2.98. The monoisotopic (exact) mass is 321 g/mol. The second-order valence-corrected chi connectivity index (χ2v) is 6.25. The van der Waals surface area contributed by atoms with E-state index < -0.39 is 17.3 Å². The first-order chi connectivity index (χ1) is 10.0. The molecular formula is C14H8FNO3S2. The first-order valence-electron chi connectivity index (χ1n) is 5.86. The van der Waals surface area contributed by atoms with Crippen molar-refractivity contribution in [3.63, 3.8) is 0 Å². The third kappa shape index (κ3) is 2.65. The molecule has 0 aliphatic rings. The highest BCUT2D eigenvalue weighted by molar-refractivity contribution is 7.27. The molecule has 0 bridgehead atoms. The minimum atomic E-state index is -1.34. The van der Waals surface area contributed by atoms with Crippen LogP contribution < -0.4 is 5.32 Å². The van der Waals surface area contributed by atoms with Crippen LogP contribution in [0.1, 0.15) is 20.0 Å². The molecule has 4 nitrogen and oxygen atoms in total. The van der Waals surface area contributed by atoms with E-state index in [0.717, 1.165) is 21.5 Å². The number of carbonyl (C=O) groups excluding carboxylic acids is 1. The zero-order valence-electron chi connectivity index (χ0n) is 10.4. The Labute approximate surface area is 126 Å². The van der Waals surface area contributed by atoms with Crippen molar-refractivity contribution in [2.24, 2.45) is 0 Å². The topological polar surface area (TPSA) is 66.4 Å². The average molecular weight is 321 g/mol. The molecule has 0 atom stereocenters. The van der Waals surface area contributed by atoms with Crippen molar-refractivity contribution < 1.29 is 19.1 Å². The van der Waals surface area contributed by atoms with Crippen LogP contribution in [-0.2, 0) is 0 Å². The lowest BCUT2D eigenvalue weighted by atomic mass is 10.2. The Bertz CT molecular complexity index is 824. The zero-order valence-corrected chi connectivity index (χ0v) is 12.1. The number of halogens is 1. The highest BCUT2D eigenvalue weighted by atomic mass is 32.1. The van der Waals surface area contributed by atoms with Crippen LogP contribution >= 0.6 is 22.7 Å². The Balaban J connectivity index is 1.82. The van der Waals surface area contributed by atoms with Gasteiger partial charge in [-0.05, 0) is 35.7 Å². The summed E-state index contributed by atoms with van der Waals surface area (Å²) in [7, 11) is 0. The van der Waals surface area contributed by atoms with Gasteiger partial charge in [-0.3, -0.25) is 4.79 Å². The molecule has 0 spiro atoms. The molecule has 0 aliphatic carbocycles. The van der Waals surface area contributed by atoms with Crippen molar-refractivity contribution >= 4 is 49.6 Å². The largest absolute Gasteiger partial charge is 0.478 e. The molecule has 2 N–H and O–H groups in total. The summed E-state index contributed by atoms with van der Waals surface area (Å²) < 4.78 is 15.6. The van der Waals surface area contributed by atoms with Crippen LogP contribution in [0.3, 0.4) is 0 Å². The zero-order chi connectivity index (χ0) is 15.0. The third-order valence-corrected chi connectivity index (χ3v) is 4.91. The molecule has 0 radical (unpaired) electrons. The standard InChI is InChI=1S/C14H8FNO3S2/c15-9-5-7(1-2-8(9)14(18)19)16-13(17)12-6-11-10(21-12)3-4-20-11/h1-6H,(H,16,17)(H,18,19). The van der Waals surface area contributed by atoms with Crippen molar-refractivity contribution in [1.82, 2.24) is 0 Å². The number of benzene rings is 1. The van der Waals surface area contributed by atoms with Crippen LogP contribution in [0.25, 0.3) is 9.40 Å². The lowest BCUT2D eigenvalue weighted by molar-refractivity contribution is 0.0692. The SMILES string of the molecule is O=C(Nc1ccc(C(=O)O)c(F)c1)c1cc2sccc2s1. The van der Waals surface area contributed by atoms with E-state index in [4.69, 9.17) is 5.11 Å². The van der Waals surface area contributed by atoms with Crippen molar-refractivity contribution in [3.05, 3.63) is 52.0 Å². The van der Waals surface area contributed by atoms with Crippen LogP contribution in [0.5, 0.6) is 0 Å². The predicted octanol–water partition coefficient (Wildman–Crippen LogP) is 4.05. The van der Waals surface area contributed by atoms with Gasteiger partial charge in [0.25, 0.3) is 5.91 Å². The third-order valence-electron chi connectivity index (χ3n) is 2.82. The molecule has 3 aromatic rings. The number of hydrogen-bond donors (Lipinski definition) is 2. The maximum Gasteiger partial charge on any atom is 0.338 e. The van der Waals surface area contributed by atoms with E-state index in [0.29, 0.717) is 4.88 Å². The number of carbonyl (C=O) groups is 2. The summed E-state index contributed by atoms with van der Waals surface area (Å²) in [5.74, 6) is -2.57. The number of nitrogens with one attached hydrogen (secondary N) is 1. The number of thiophene rings is 2. The summed E-state index contributed by atoms with van der Waals surface area (Å²) in [5.41, 5.74) is -0.205. The molecular weight excluding hydrogens is 313 g/mol. The number of hydrogen-bond acceptors (Lipinski definition) is 4. The molecule has 1 amide bonds. The number of aromatic carboxylic acids is 1. The van der Waals surface area contributed by atoms with Crippen LogP contribution in [0.2, 0.25) is 0 Å². The fraction of sp³-hybridized carbons (Fsp3) is 0. The van der Waals surface area contributed by atoms with Crippen molar-refractivity contribution in [3.8, 4) is 0 Å². The maximum atomic E-state index is 13.5. The van der Waals surface area contributed by atoms with Crippen LogP contribution in [0, 0.1) is 5.82 Å². The van der Waals surface area contributed by atoms with E-state index in [1.807, 2.05) is 11.4 Å². The number of carboxylic acid groups (broad SMARTS) is 1. The summed E-state index contributed by atoms with van der Waals surface area (Å²) in [6, 6.07) is 7.20. The molecule has 3 rings (SSSR count). The normalized spacial score (nSPS) is 10.7. The number of anilines is 1. The van der Waals surface area contributed by atoms with Gasteiger partial charge in [-0.1, -0.05) is 0 Å². The molecule has 2 aromatic heterocycles. The number of amides is 1. The quantitative estimate of drug-likeness (QED) is 0.764. The van der Waals surface area contributed by atoms with Crippen molar-refractivity contribution in [2.45, 2.75) is 0 Å². The van der Waals surface area contributed by atoms with Gasteiger partial charge < -0.3 is 10.4 Å². The molecule has 0 saturated heterocycles. The van der Waals surface area contributed by atoms with Gasteiger partial charge in [0.05, 0.1) is 10.4 Å². The highest BCUT2D eigenvalue weighted by Crippen LogP contribution is 2.30. The van der Waals surface area contributed by atoms with Crippen LogP contribution in [0.15, 0.2) is 35.7 Å². The first kappa shape index (κ1) is 13.7. The molecule has 21 heavy (non-hydrogen) atoms. The second-order valence-electron chi connectivity index (χ2n) is 4.21. The van der Waals surface area contributed by atoms with E-state index in [2.05, 4.69) is 5.32 Å². The Morgan fingerprint density at radius 2 is 1.95 bits per heavy atom. The van der Waals surface area contributed by atoms with E-state index >= 15 is 0 Å². The van der Waals surface area contributed by atoms with E-state index in [1.54, 1.807) is 17.4 Å². The molecule has 0 unspecified atom stereocenters. The predicted molar refractivity (Wildman–Crippen MR) is 81.0 cm³/mol. The molecule has 2 heterocycles. The lowest BCUT2D eigenvalue weighted by Crippen LogP contribution is -2.11. The van der Waals surface area contributed by atoms with Gasteiger partial charge in [0, 0.05) is 15.1 Å². The van der Waals surface area contributed by atoms with Gasteiger partial charge in [-0.15, -0.1) is 22.7 Å². The second kappa shape index (κ2) is 5.27. The summed E-state index contributed by atoms with van der Waals surface area (Å²) in [5, 5.41) is 13.3. The summed E-state index contributed by atoms with van der Waals surface area (Å²) in [6.07, 6.45) is 0. The van der Waals surface area contributed by atoms with Crippen molar-refractivity contribution in [1.29, 1.82) is 0 Å². The van der Waals surface area contributed by atoms with E-state index in [1.165, 1.54) is 17.4 Å². The van der Waals surface area contributed by atoms with Gasteiger partial charge in [-0.2, -0.15) is 0 Å². The van der Waals surface area contributed by atoms with Gasteiger partial charge in [-0.25, -0.2) is 9.18 Å². The first-order valence-corrected chi connectivity index (χ1v) is 7.55. The Morgan fingerprint density at radius 3 is 2.62 bits per heavy atom. The van der Waals surface area contributed by atoms with Gasteiger partial charge in [0.2, 0.25) is 0 Å². The van der Waals surface area contributed by atoms with Gasteiger partial charge in [0.1, 0.15) is 5.82 Å². The summed E-state index contributed by atoms with van der Waals surface area (Å²) >= 11 is 2.90. The lowest BCUT2D eigenvalue weighted by Gasteiger charge is -2.05. The molecule has 0 aliphatic heterocycles. The fourth-order valence-electron chi connectivity index (χ4n) is 1.84. The minimum Gasteiger partial charge on any atom is -0.478 e. The smallest absolute Gasteiger partial charge is 0.338 e. The number of carboxylic acids is 1. The number of fused-ring (bicyclic) bond motifs is 1. The van der Waals surface area contributed by atoms with E-state index in [-0.39, 0.29) is 11.6 Å². The Morgan fingerprint density at radius 1 is 1.14 bits per heavy atom. The van der Waals surface area contributed by atoms with Crippen molar-refractivity contribution in [2.75, 3.05) is 5.32 Å². The van der Waals surface area contributed by atoms with Crippen LogP contribution in [-0.4, -0.2) is 17.0 Å².